The van der Waals surface area contributed by atoms with E-state index in [0.29, 0.717) is 28.6 Å². The fourth-order valence-electron chi connectivity index (χ4n) is 2.27. The first-order chi connectivity index (χ1) is 11.5. The molecule has 0 saturated heterocycles. The number of methoxy groups -OCH3 is 1. The normalized spacial score (nSPS) is 11.7. The predicted molar refractivity (Wildman–Crippen MR) is 95.7 cm³/mol. The molecule has 0 aliphatic rings. The van der Waals surface area contributed by atoms with Crippen molar-refractivity contribution in [3.8, 4) is 0 Å². The number of anilines is 4. The number of nitrogens with zero attached hydrogens (tertiary/aromatic N) is 3. The van der Waals surface area contributed by atoms with Gasteiger partial charge >= 0.3 is 5.97 Å². The van der Waals surface area contributed by atoms with E-state index < -0.39 is 5.97 Å². The van der Waals surface area contributed by atoms with Gasteiger partial charge in [-0.2, -0.15) is 0 Å². The highest BCUT2D eigenvalue weighted by Gasteiger charge is 2.19. The molecule has 0 amide bonds. The third kappa shape index (κ3) is 3.56. The van der Waals surface area contributed by atoms with Gasteiger partial charge in [0.1, 0.15) is 12.0 Å². The van der Waals surface area contributed by atoms with E-state index in [-0.39, 0.29) is 6.04 Å². The molecule has 0 spiro atoms. The minimum Gasteiger partial charge on any atom is -0.465 e. The molecule has 0 saturated carbocycles. The molecule has 1 heterocycles. The number of nitrogen functional groups attached to an aromatic ring is 1. The van der Waals surface area contributed by atoms with Gasteiger partial charge in [-0.1, -0.05) is 19.1 Å². The summed E-state index contributed by atoms with van der Waals surface area (Å²) < 4.78 is 4.84. The summed E-state index contributed by atoms with van der Waals surface area (Å²) >= 11 is 0. The van der Waals surface area contributed by atoms with Crippen LogP contribution in [-0.2, 0) is 4.74 Å². The smallest absolute Gasteiger partial charge is 0.339 e. The fourth-order valence-corrected chi connectivity index (χ4v) is 2.27. The van der Waals surface area contributed by atoms with Gasteiger partial charge in [0.15, 0.2) is 11.6 Å². The predicted octanol–water partition coefficient (Wildman–Crippen LogP) is 2.82. The van der Waals surface area contributed by atoms with E-state index in [2.05, 4.69) is 29.1 Å². The lowest BCUT2D eigenvalue weighted by Crippen LogP contribution is -2.20. The maximum absolute atomic E-state index is 12.0. The van der Waals surface area contributed by atoms with Crippen LogP contribution in [-0.4, -0.2) is 36.1 Å². The Hall–Kier alpha value is -2.83. The maximum atomic E-state index is 12.0. The molecular weight excluding hydrogens is 306 g/mol. The van der Waals surface area contributed by atoms with Crippen LogP contribution >= 0.6 is 0 Å². The molecule has 2 rings (SSSR count). The molecule has 3 N–H and O–H groups in total. The number of ether oxygens (including phenoxy) is 1. The highest BCUT2D eigenvalue weighted by molar-refractivity contribution is 5.97. The molecule has 128 valence electrons. The monoisotopic (exact) mass is 329 g/mol. The minimum atomic E-state index is -0.414. The minimum absolute atomic E-state index is 0.239. The summed E-state index contributed by atoms with van der Waals surface area (Å²) in [5, 5.41) is 3.26. The van der Waals surface area contributed by atoms with Crippen LogP contribution in [0, 0.1) is 0 Å². The summed E-state index contributed by atoms with van der Waals surface area (Å²) in [4.78, 5) is 22.2. The van der Waals surface area contributed by atoms with Crippen LogP contribution in [0.5, 0.6) is 0 Å². The number of aromatic nitrogens is 2. The summed E-state index contributed by atoms with van der Waals surface area (Å²) in [6.45, 7) is 4.13. The highest BCUT2D eigenvalue weighted by atomic mass is 16.5. The second kappa shape index (κ2) is 7.63. The Kier molecular flexibility index (Phi) is 5.57. The molecule has 0 radical (unpaired) electrons. The molecule has 1 aromatic carbocycles. The first-order valence-electron chi connectivity index (χ1n) is 7.77. The average molecular weight is 329 g/mol. The van der Waals surface area contributed by atoms with E-state index in [1.165, 1.54) is 13.4 Å². The molecule has 0 fully saturated rings. The Bertz CT molecular complexity index is 720. The average Bonchev–Trinajstić information content (AvgIpc) is 2.62. The Balaban J connectivity index is 2.42. The molecule has 24 heavy (non-hydrogen) atoms. The lowest BCUT2D eigenvalue weighted by Gasteiger charge is -2.23. The number of hydrogen-bond acceptors (Lipinski definition) is 7. The Morgan fingerprint density at radius 1 is 1.38 bits per heavy atom. The summed E-state index contributed by atoms with van der Waals surface area (Å²) in [6, 6.07) is 7.38. The van der Waals surface area contributed by atoms with Crippen molar-refractivity contribution < 1.29 is 9.53 Å². The van der Waals surface area contributed by atoms with Gasteiger partial charge in [0.05, 0.1) is 18.4 Å². The van der Waals surface area contributed by atoms with Crippen LogP contribution in [0.4, 0.5) is 23.0 Å². The van der Waals surface area contributed by atoms with Crippen molar-refractivity contribution in [1.29, 1.82) is 0 Å². The number of benzene rings is 1. The number of para-hydroxylation sites is 1. The molecule has 0 aliphatic carbocycles. The largest absolute Gasteiger partial charge is 0.465 e. The van der Waals surface area contributed by atoms with Crippen LogP contribution < -0.4 is 16.0 Å². The zero-order valence-electron chi connectivity index (χ0n) is 14.4. The molecule has 0 bridgehead atoms. The molecule has 1 unspecified atom stereocenters. The summed E-state index contributed by atoms with van der Waals surface area (Å²) in [5.74, 6) is 0.687. The fraction of sp³-hybridized carbons (Fsp3) is 0.353. The summed E-state index contributed by atoms with van der Waals surface area (Å²) in [6.07, 6.45) is 2.40. The van der Waals surface area contributed by atoms with E-state index in [4.69, 9.17) is 10.5 Å². The van der Waals surface area contributed by atoms with Crippen molar-refractivity contribution in [2.24, 2.45) is 0 Å². The topological polar surface area (TPSA) is 93.4 Å². The van der Waals surface area contributed by atoms with Crippen molar-refractivity contribution in [3.05, 3.63) is 36.2 Å². The van der Waals surface area contributed by atoms with Crippen LogP contribution in [0.2, 0.25) is 0 Å². The second-order valence-corrected chi connectivity index (χ2v) is 5.48. The van der Waals surface area contributed by atoms with E-state index >= 15 is 0 Å². The number of rotatable bonds is 6. The lowest BCUT2D eigenvalue weighted by molar-refractivity contribution is 0.0601. The first-order valence-corrected chi connectivity index (χ1v) is 7.77. The zero-order valence-corrected chi connectivity index (χ0v) is 14.4. The van der Waals surface area contributed by atoms with Gasteiger partial charge in [-0.05, 0) is 25.5 Å². The van der Waals surface area contributed by atoms with Crippen LogP contribution in [0.15, 0.2) is 30.6 Å². The van der Waals surface area contributed by atoms with Crippen molar-refractivity contribution in [3.63, 3.8) is 0 Å². The Morgan fingerprint density at radius 2 is 2.08 bits per heavy atom. The molecular formula is C17H23N5O2. The van der Waals surface area contributed by atoms with Crippen molar-refractivity contribution >= 4 is 29.0 Å². The summed E-state index contributed by atoms with van der Waals surface area (Å²) in [5.41, 5.74) is 7.77. The van der Waals surface area contributed by atoms with E-state index in [1.54, 1.807) is 24.1 Å². The van der Waals surface area contributed by atoms with E-state index in [0.717, 1.165) is 6.42 Å². The molecule has 0 aliphatic heterocycles. The Morgan fingerprint density at radius 3 is 2.75 bits per heavy atom. The lowest BCUT2D eigenvalue weighted by atomic mass is 10.1. The molecule has 2 aromatic rings. The molecule has 1 atom stereocenters. The molecule has 7 nitrogen and oxygen atoms in total. The number of esters is 1. The SMILES string of the molecule is CCC(C)Nc1ncnc(N(C)c2ccccc2C(=O)OC)c1N. The number of hydrogen-bond donors (Lipinski definition) is 2. The van der Waals surface area contributed by atoms with Gasteiger partial charge in [0, 0.05) is 13.1 Å². The van der Waals surface area contributed by atoms with Crippen molar-refractivity contribution in [2.45, 2.75) is 26.3 Å². The van der Waals surface area contributed by atoms with Crippen molar-refractivity contribution in [2.75, 3.05) is 30.1 Å². The summed E-state index contributed by atoms with van der Waals surface area (Å²) in [7, 11) is 3.15. The number of nitrogens with one attached hydrogen (secondary N) is 1. The van der Waals surface area contributed by atoms with Crippen LogP contribution in [0.1, 0.15) is 30.6 Å². The Labute approximate surface area is 141 Å². The number of nitrogens with two attached hydrogens (primary N) is 1. The number of carbonyl (C=O) groups excluding carboxylic acids is 1. The molecule has 1 aromatic heterocycles. The quantitative estimate of drug-likeness (QED) is 0.787. The van der Waals surface area contributed by atoms with Gasteiger partial charge in [0.2, 0.25) is 0 Å². The van der Waals surface area contributed by atoms with Gasteiger partial charge in [-0.15, -0.1) is 0 Å². The van der Waals surface area contributed by atoms with Gasteiger partial charge in [-0.25, -0.2) is 14.8 Å². The third-order valence-electron chi connectivity index (χ3n) is 3.85. The maximum Gasteiger partial charge on any atom is 0.339 e. The second-order valence-electron chi connectivity index (χ2n) is 5.48. The van der Waals surface area contributed by atoms with Gasteiger partial charge < -0.3 is 20.7 Å². The number of carbonyl (C=O) groups is 1. The third-order valence-corrected chi connectivity index (χ3v) is 3.85. The zero-order chi connectivity index (χ0) is 17.7. The van der Waals surface area contributed by atoms with Gasteiger partial charge in [0.25, 0.3) is 0 Å². The first kappa shape index (κ1) is 17.5. The molecule has 7 heteroatoms. The van der Waals surface area contributed by atoms with E-state index in [9.17, 15) is 4.79 Å². The van der Waals surface area contributed by atoms with Crippen molar-refractivity contribution in [1.82, 2.24) is 9.97 Å². The van der Waals surface area contributed by atoms with Crippen LogP contribution in [0.25, 0.3) is 0 Å². The highest BCUT2D eigenvalue weighted by Crippen LogP contribution is 2.32. The van der Waals surface area contributed by atoms with Crippen LogP contribution in [0.3, 0.4) is 0 Å². The standard InChI is InChI=1S/C17H23N5O2/c1-5-11(2)21-15-14(18)16(20-10-19-15)22(3)13-9-7-6-8-12(13)17(23)24-4/h6-11H,5,18H2,1-4H3,(H,19,20,21). The van der Waals surface area contributed by atoms with E-state index in [1.807, 2.05) is 12.1 Å². The van der Waals surface area contributed by atoms with Gasteiger partial charge in [-0.3, -0.25) is 0 Å².